The van der Waals surface area contributed by atoms with Crippen LogP contribution < -0.4 is 5.32 Å². The van der Waals surface area contributed by atoms with Crippen LogP contribution in [0.2, 0.25) is 0 Å². The summed E-state index contributed by atoms with van der Waals surface area (Å²) < 4.78 is 1.28. The highest BCUT2D eigenvalue weighted by Gasteiger charge is 2.51. The number of fused-ring (bicyclic) bond motifs is 3. The Bertz CT molecular complexity index is 1830. The molecular weight excluding hydrogens is 529 g/mol. The van der Waals surface area contributed by atoms with Crippen molar-refractivity contribution >= 4 is 48.2 Å². The minimum absolute atomic E-state index is 0.0814. The number of thiazole rings is 1. The maximum atomic E-state index is 5.41. The maximum Gasteiger partial charge on any atom is 0.184 e. The average Bonchev–Trinajstić information content (AvgIpc) is 3.31. The molecule has 216 valence electrons. The summed E-state index contributed by atoms with van der Waals surface area (Å²) in [6.45, 7) is 13.9. The number of rotatable bonds is 3. The highest BCUT2D eigenvalue weighted by molar-refractivity contribution is 7.22. The monoisotopic (exact) mass is 572 g/mol. The van der Waals surface area contributed by atoms with Crippen LogP contribution in [0.5, 0.6) is 0 Å². The minimum Gasteiger partial charge on any atom is -0.356 e. The van der Waals surface area contributed by atoms with Crippen molar-refractivity contribution in [2.45, 2.75) is 96.4 Å². The lowest BCUT2D eigenvalue weighted by Crippen LogP contribution is -2.54. The summed E-state index contributed by atoms with van der Waals surface area (Å²) in [7, 11) is 0. The van der Waals surface area contributed by atoms with Crippen LogP contribution in [0, 0.1) is 17.8 Å². The van der Waals surface area contributed by atoms with Gasteiger partial charge in [-0.25, -0.2) is 4.98 Å². The van der Waals surface area contributed by atoms with Crippen LogP contribution in [0.3, 0.4) is 0 Å². The first-order valence-corrected chi connectivity index (χ1v) is 17.0. The van der Waals surface area contributed by atoms with E-state index in [2.05, 4.69) is 108 Å². The second kappa shape index (κ2) is 9.05. The van der Waals surface area contributed by atoms with Crippen molar-refractivity contribution in [3.63, 3.8) is 0 Å². The molecule has 4 aliphatic rings. The smallest absolute Gasteiger partial charge is 0.184 e. The molecule has 0 spiro atoms. The molecule has 0 aliphatic heterocycles. The van der Waals surface area contributed by atoms with Gasteiger partial charge in [-0.2, -0.15) is 0 Å². The highest BCUT2D eigenvalue weighted by Crippen LogP contribution is 2.57. The van der Waals surface area contributed by atoms with Crippen molar-refractivity contribution in [1.82, 2.24) is 4.98 Å². The lowest BCUT2D eigenvalue weighted by atomic mass is 9.53. The van der Waals surface area contributed by atoms with Gasteiger partial charge < -0.3 is 5.32 Å². The van der Waals surface area contributed by atoms with E-state index in [4.69, 9.17) is 4.98 Å². The first kappa shape index (κ1) is 26.7. The van der Waals surface area contributed by atoms with Gasteiger partial charge in [-0.05, 0) is 124 Å². The van der Waals surface area contributed by atoms with E-state index in [-0.39, 0.29) is 16.4 Å². The molecule has 1 heterocycles. The summed E-state index contributed by atoms with van der Waals surface area (Å²) in [5.74, 6) is 2.77. The van der Waals surface area contributed by atoms with Gasteiger partial charge in [0.05, 0.1) is 10.2 Å². The fourth-order valence-electron chi connectivity index (χ4n) is 9.04. The first-order chi connectivity index (χ1) is 19.9. The number of aromatic nitrogens is 1. The Hall–Kier alpha value is -2.91. The van der Waals surface area contributed by atoms with Gasteiger partial charge in [-0.1, -0.05) is 95.3 Å². The molecule has 4 bridgehead atoms. The summed E-state index contributed by atoms with van der Waals surface area (Å²) in [5.41, 5.74) is 6.92. The predicted octanol–water partition coefficient (Wildman–Crippen LogP) is 11.2. The van der Waals surface area contributed by atoms with E-state index >= 15 is 0 Å². The standard InChI is InChI=1S/C39H44N2S/c1-37(2,3)28-12-13-30-27(18-28)17-26-10-11-29(38(4,5)6)19-32(26)34(30)31-8-7-9-33-35(31)40-36(42-33)41-39-20-23-14-24(21-39)16-25(15-23)22-39/h7-13,17-19,23-25H,14-16,20-22H2,1-6H3,(H,40,41). The summed E-state index contributed by atoms with van der Waals surface area (Å²) in [6.07, 6.45) is 8.40. The van der Waals surface area contributed by atoms with Crippen molar-refractivity contribution in [2.24, 2.45) is 17.8 Å². The Balaban J connectivity index is 1.32. The van der Waals surface area contributed by atoms with Gasteiger partial charge in [0.1, 0.15) is 0 Å². The van der Waals surface area contributed by atoms with Crippen molar-refractivity contribution in [1.29, 1.82) is 0 Å². The molecule has 4 aliphatic carbocycles. The molecule has 0 radical (unpaired) electrons. The molecule has 0 unspecified atom stereocenters. The van der Waals surface area contributed by atoms with Gasteiger partial charge in [-0.15, -0.1) is 0 Å². The van der Waals surface area contributed by atoms with E-state index in [1.165, 1.54) is 87.0 Å². The molecular formula is C39H44N2S. The molecule has 9 rings (SSSR count). The van der Waals surface area contributed by atoms with Gasteiger partial charge in [0.15, 0.2) is 5.13 Å². The zero-order chi connectivity index (χ0) is 29.0. The van der Waals surface area contributed by atoms with E-state index in [9.17, 15) is 0 Å². The van der Waals surface area contributed by atoms with Crippen LogP contribution in [0.4, 0.5) is 5.13 Å². The molecule has 0 amide bonds. The van der Waals surface area contributed by atoms with Crippen molar-refractivity contribution in [3.05, 3.63) is 71.8 Å². The number of benzene rings is 4. The van der Waals surface area contributed by atoms with E-state index in [1.54, 1.807) is 0 Å². The molecule has 5 aromatic rings. The van der Waals surface area contributed by atoms with Crippen LogP contribution in [0.15, 0.2) is 60.7 Å². The second-order valence-corrected chi connectivity index (χ2v) is 17.1. The van der Waals surface area contributed by atoms with Crippen molar-refractivity contribution < 1.29 is 0 Å². The number of para-hydroxylation sites is 1. The topological polar surface area (TPSA) is 24.9 Å². The second-order valence-electron chi connectivity index (χ2n) is 16.1. The number of nitrogens with one attached hydrogen (secondary N) is 1. The minimum atomic E-state index is 0.0814. The van der Waals surface area contributed by atoms with Crippen LogP contribution >= 0.6 is 11.3 Å². The third kappa shape index (κ3) is 4.37. The summed E-state index contributed by atoms with van der Waals surface area (Å²) in [4.78, 5) is 5.41. The highest BCUT2D eigenvalue weighted by atomic mass is 32.1. The Kier molecular flexibility index (Phi) is 5.75. The molecule has 1 N–H and O–H groups in total. The Morgan fingerprint density at radius 3 is 2.02 bits per heavy atom. The van der Waals surface area contributed by atoms with Crippen molar-refractivity contribution in [3.8, 4) is 11.1 Å². The summed E-state index contributed by atoms with van der Waals surface area (Å²) in [6, 6.07) is 23.5. The molecule has 4 saturated carbocycles. The largest absolute Gasteiger partial charge is 0.356 e. The zero-order valence-electron chi connectivity index (χ0n) is 26.1. The molecule has 4 aromatic carbocycles. The predicted molar refractivity (Wildman–Crippen MR) is 182 cm³/mol. The third-order valence-corrected chi connectivity index (χ3v) is 11.7. The van der Waals surface area contributed by atoms with Gasteiger partial charge in [0.25, 0.3) is 0 Å². The number of anilines is 1. The lowest BCUT2D eigenvalue weighted by molar-refractivity contribution is 0.0107. The van der Waals surface area contributed by atoms with Crippen LogP contribution in [-0.4, -0.2) is 10.5 Å². The van der Waals surface area contributed by atoms with Gasteiger partial charge in [0.2, 0.25) is 0 Å². The van der Waals surface area contributed by atoms with Crippen molar-refractivity contribution in [2.75, 3.05) is 5.32 Å². The summed E-state index contributed by atoms with van der Waals surface area (Å²) >= 11 is 1.86. The normalized spacial score (nSPS) is 25.6. The fourth-order valence-corrected chi connectivity index (χ4v) is 10.1. The third-order valence-electron chi connectivity index (χ3n) is 10.8. The number of hydrogen-bond donors (Lipinski definition) is 1. The van der Waals surface area contributed by atoms with E-state index in [0.717, 1.165) is 28.4 Å². The van der Waals surface area contributed by atoms with E-state index < -0.39 is 0 Å². The van der Waals surface area contributed by atoms with Crippen LogP contribution in [-0.2, 0) is 10.8 Å². The molecule has 1 aromatic heterocycles. The van der Waals surface area contributed by atoms with Crippen LogP contribution in [0.25, 0.3) is 42.9 Å². The Morgan fingerprint density at radius 1 is 0.714 bits per heavy atom. The Labute approximate surface area is 254 Å². The van der Waals surface area contributed by atoms with Gasteiger partial charge in [-0.3, -0.25) is 0 Å². The molecule has 0 saturated heterocycles. The molecule has 2 nitrogen and oxygen atoms in total. The van der Waals surface area contributed by atoms with Gasteiger partial charge >= 0.3 is 0 Å². The molecule has 0 atom stereocenters. The SMILES string of the molecule is CC(C)(C)c1ccc2c(-c3cccc4sc(NC56CC7CC(CC(C7)C5)C6)nc34)c3cc(C(C)(C)C)ccc3cc2c1. The lowest BCUT2D eigenvalue weighted by Gasteiger charge is -2.56. The summed E-state index contributed by atoms with van der Waals surface area (Å²) in [5, 5.41) is 10.5. The van der Waals surface area contributed by atoms with E-state index in [1.807, 2.05) is 11.3 Å². The number of hydrogen-bond acceptors (Lipinski definition) is 3. The number of nitrogens with zero attached hydrogens (tertiary/aromatic N) is 1. The molecule has 3 heteroatoms. The van der Waals surface area contributed by atoms with Gasteiger partial charge in [0, 0.05) is 11.1 Å². The molecule has 4 fully saturated rings. The zero-order valence-corrected chi connectivity index (χ0v) is 26.9. The maximum absolute atomic E-state index is 5.41. The van der Waals surface area contributed by atoms with E-state index in [0.29, 0.717) is 0 Å². The van der Waals surface area contributed by atoms with Crippen LogP contribution in [0.1, 0.15) is 91.2 Å². The Morgan fingerprint density at radius 2 is 1.36 bits per heavy atom. The molecule has 42 heavy (non-hydrogen) atoms. The fraction of sp³-hybridized carbons (Fsp3) is 0.462. The average molecular weight is 573 g/mol. The quantitative estimate of drug-likeness (QED) is 0.218. The first-order valence-electron chi connectivity index (χ1n) is 16.1.